The van der Waals surface area contributed by atoms with Gasteiger partial charge in [0.05, 0.1) is 33.8 Å². The van der Waals surface area contributed by atoms with Gasteiger partial charge in [0.2, 0.25) is 0 Å². The van der Waals surface area contributed by atoms with Gasteiger partial charge in [-0.2, -0.15) is 5.01 Å². The van der Waals surface area contributed by atoms with Crippen LogP contribution in [0.1, 0.15) is 28.8 Å². The van der Waals surface area contributed by atoms with E-state index in [0.717, 1.165) is 22.2 Å². The van der Waals surface area contributed by atoms with Gasteiger partial charge >= 0.3 is 0 Å². The van der Waals surface area contributed by atoms with Gasteiger partial charge in [0.1, 0.15) is 0 Å². The molecule has 0 unspecified atom stereocenters. The average molecular weight is 450 g/mol. The first-order chi connectivity index (χ1) is 15.8. The number of hydrogen-bond acceptors (Lipinski definition) is 7. The predicted molar refractivity (Wildman–Crippen MR) is 113 cm³/mol. The van der Waals surface area contributed by atoms with Crippen molar-refractivity contribution in [3.63, 3.8) is 0 Å². The van der Waals surface area contributed by atoms with Crippen molar-refractivity contribution < 1.29 is 24.2 Å². The van der Waals surface area contributed by atoms with Crippen molar-refractivity contribution in [2.24, 2.45) is 11.8 Å². The molecule has 33 heavy (non-hydrogen) atoms. The predicted octanol–water partition coefficient (Wildman–Crippen LogP) is 3.01. The summed E-state index contributed by atoms with van der Waals surface area (Å²) in [4.78, 5) is 60.9. The van der Waals surface area contributed by atoms with E-state index in [1.54, 1.807) is 18.2 Å². The van der Waals surface area contributed by atoms with Gasteiger partial charge in [-0.25, -0.2) is 5.01 Å². The number of imide groups is 1. The number of rotatable bonds is 6. The number of allylic oxidation sites excluding steroid dienone is 2. The zero-order valence-corrected chi connectivity index (χ0v) is 17.2. The number of benzene rings is 2. The van der Waals surface area contributed by atoms with Gasteiger partial charge in [-0.3, -0.25) is 34.6 Å². The highest BCUT2D eigenvalue weighted by atomic mass is 16.6. The molecule has 2 aromatic carbocycles. The van der Waals surface area contributed by atoms with Crippen molar-refractivity contribution >= 4 is 29.1 Å². The maximum atomic E-state index is 13.4. The maximum Gasteiger partial charge on any atom is 0.274 e. The van der Waals surface area contributed by atoms with Crippen molar-refractivity contribution in [1.29, 1.82) is 0 Å². The summed E-state index contributed by atoms with van der Waals surface area (Å²) in [5.74, 6) is -3.11. The van der Waals surface area contributed by atoms with Gasteiger partial charge in [-0.1, -0.05) is 30.4 Å². The standard InChI is InChI=1S/C22H18N4O7/c27-20(14-9-11-16(12-10-14)25(30)31)23(13-15-5-1-4-8-19(15)26(32)33)24-21(28)17-6-2-3-7-18(17)22(24)29/h1-5,8-12,17-18H,6-7,13H2/t17-,18-/m0/s1. The van der Waals surface area contributed by atoms with Crippen molar-refractivity contribution in [2.75, 3.05) is 0 Å². The van der Waals surface area contributed by atoms with Crippen LogP contribution >= 0.6 is 0 Å². The molecular weight excluding hydrogens is 432 g/mol. The zero-order chi connectivity index (χ0) is 23.7. The van der Waals surface area contributed by atoms with E-state index < -0.39 is 45.9 Å². The first-order valence-corrected chi connectivity index (χ1v) is 10.1. The summed E-state index contributed by atoms with van der Waals surface area (Å²) in [6.45, 7) is -0.405. The first kappa shape index (κ1) is 21.8. The van der Waals surface area contributed by atoms with Crippen LogP contribution in [0.3, 0.4) is 0 Å². The quantitative estimate of drug-likeness (QED) is 0.285. The lowest BCUT2D eigenvalue weighted by Crippen LogP contribution is -2.49. The molecule has 11 nitrogen and oxygen atoms in total. The summed E-state index contributed by atoms with van der Waals surface area (Å²) in [5, 5.41) is 24.1. The number of carbonyl (C=O) groups excluding carboxylic acids is 3. The van der Waals surface area contributed by atoms with Crippen LogP contribution in [0, 0.1) is 32.1 Å². The molecule has 0 bridgehead atoms. The molecule has 4 rings (SSSR count). The van der Waals surface area contributed by atoms with Gasteiger partial charge in [0.15, 0.2) is 0 Å². The first-order valence-electron chi connectivity index (χ1n) is 10.1. The molecule has 3 amide bonds. The fourth-order valence-corrected chi connectivity index (χ4v) is 4.11. The van der Waals surface area contributed by atoms with Crippen LogP contribution in [0.5, 0.6) is 0 Å². The Hall–Kier alpha value is -4.41. The van der Waals surface area contributed by atoms with Crippen molar-refractivity contribution in [3.05, 3.63) is 92.0 Å². The van der Waals surface area contributed by atoms with Gasteiger partial charge < -0.3 is 0 Å². The highest BCUT2D eigenvalue weighted by Crippen LogP contribution is 2.37. The summed E-state index contributed by atoms with van der Waals surface area (Å²) in [5.41, 5.74) is -0.376. The maximum absolute atomic E-state index is 13.4. The minimum absolute atomic E-state index is 0.00668. The van der Waals surface area contributed by atoms with E-state index in [2.05, 4.69) is 0 Å². The number of fused-ring (bicyclic) bond motifs is 1. The number of amides is 3. The number of non-ortho nitro benzene ring substituents is 1. The molecule has 0 saturated carbocycles. The van der Waals surface area contributed by atoms with E-state index in [1.807, 2.05) is 0 Å². The summed E-state index contributed by atoms with van der Waals surface area (Å²) < 4.78 is 0. The highest BCUT2D eigenvalue weighted by molar-refractivity contribution is 6.08. The number of para-hydroxylation sites is 1. The molecule has 1 aliphatic heterocycles. The van der Waals surface area contributed by atoms with E-state index in [0.29, 0.717) is 12.8 Å². The smallest absolute Gasteiger partial charge is 0.272 e. The van der Waals surface area contributed by atoms with Crippen LogP contribution in [0.15, 0.2) is 60.7 Å². The molecule has 1 fully saturated rings. The molecule has 0 aromatic heterocycles. The summed E-state index contributed by atoms with van der Waals surface area (Å²) in [6, 6.07) is 10.4. The Balaban J connectivity index is 1.75. The Morgan fingerprint density at radius 3 is 2.03 bits per heavy atom. The minimum Gasteiger partial charge on any atom is -0.272 e. The zero-order valence-electron chi connectivity index (χ0n) is 17.2. The number of hydrazine groups is 1. The molecule has 1 aliphatic carbocycles. The second-order valence-electron chi connectivity index (χ2n) is 7.70. The van der Waals surface area contributed by atoms with E-state index in [-0.39, 0.29) is 22.5 Å². The van der Waals surface area contributed by atoms with Crippen molar-refractivity contribution in [1.82, 2.24) is 10.0 Å². The topological polar surface area (TPSA) is 144 Å². The Bertz CT molecular complexity index is 1170. The lowest BCUT2D eigenvalue weighted by Gasteiger charge is -2.30. The summed E-state index contributed by atoms with van der Waals surface area (Å²) in [7, 11) is 0. The highest BCUT2D eigenvalue weighted by Gasteiger charge is 2.51. The van der Waals surface area contributed by atoms with Gasteiger partial charge in [0.25, 0.3) is 29.1 Å². The van der Waals surface area contributed by atoms with Crippen LogP contribution in [0.2, 0.25) is 0 Å². The lowest BCUT2D eigenvalue weighted by molar-refractivity contribution is -0.385. The van der Waals surface area contributed by atoms with Gasteiger partial charge in [0, 0.05) is 23.8 Å². The second-order valence-corrected chi connectivity index (χ2v) is 7.70. The third-order valence-corrected chi connectivity index (χ3v) is 5.79. The lowest BCUT2D eigenvalue weighted by atomic mass is 9.85. The molecule has 168 valence electrons. The molecule has 1 saturated heterocycles. The van der Waals surface area contributed by atoms with Crippen LogP contribution in [-0.4, -0.2) is 37.6 Å². The van der Waals surface area contributed by atoms with Crippen LogP contribution in [0.25, 0.3) is 0 Å². The largest absolute Gasteiger partial charge is 0.274 e. The van der Waals surface area contributed by atoms with Gasteiger partial charge in [-0.05, 0) is 25.0 Å². The number of nitro benzene ring substituents is 2. The van der Waals surface area contributed by atoms with Crippen molar-refractivity contribution in [2.45, 2.75) is 19.4 Å². The molecule has 2 aromatic rings. The Morgan fingerprint density at radius 2 is 1.48 bits per heavy atom. The second kappa shape index (κ2) is 8.61. The van der Waals surface area contributed by atoms with Crippen LogP contribution < -0.4 is 0 Å². The Labute approximate surface area is 187 Å². The molecule has 2 aliphatic rings. The SMILES string of the molecule is O=C(c1ccc([N+](=O)[O-])cc1)N(Cc1ccccc1[N+](=O)[O-])N1C(=O)[C@H]2CC=CC[C@@H]2C1=O. The minimum atomic E-state index is -0.781. The number of hydrogen-bond donors (Lipinski definition) is 0. The average Bonchev–Trinajstić information content (AvgIpc) is 3.07. The van der Waals surface area contributed by atoms with E-state index in [9.17, 15) is 34.6 Å². The monoisotopic (exact) mass is 450 g/mol. The molecular formula is C22H18N4O7. The number of nitro groups is 2. The summed E-state index contributed by atoms with van der Waals surface area (Å²) in [6.07, 6.45) is 4.33. The Morgan fingerprint density at radius 1 is 0.909 bits per heavy atom. The third kappa shape index (κ3) is 3.95. The third-order valence-electron chi connectivity index (χ3n) is 5.79. The molecule has 0 spiro atoms. The van der Waals surface area contributed by atoms with Gasteiger partial charge in [-0.15, -0.1) is 0 Å². The van der Waals surface area contributed by atoms with E-state index in [4.69, 9.17) is 0 Å². The van der Waals surface area contributed by atoms with Crippen LogP contribution in [-0.2, 0) is 16.1 Å². The number of nitrogens with zero attached hydrogens (tertiary/aromatic N) is 4. The normalized spacial score (nSPS) is 19.3. The molecule has 2 atom stereocenters. The van der Waals surface area contributed by atoms with Crippen molar-refractivity contribution in [3.8, 4) is 0 Å². The summed E-state index contributed by atoms with van der Waals surface area (Å²) >= 11 is 0. The fraction of sp³-hybridized carbons (Fsp3) is 0.227. The molecule has 0 radical (unpaired) electrons. The molecule has 0 N–H and O–H groups in total. The van der Waals surface area contributed by atoms with Crippen LogP contribution in [0.4, 0.5) is 11.4 Å². The Kier molecular flexibility index (Phi) is 5.69. The molecule has 11 heteroatoms. The van der Waals surface area contributed by atoms with E-state index >= 15 is 0 Å². The molecule has 1 heterocycles. The van der Waals surface area contributed by atoms with E-state index in [1.165, 1.54) is 30.3 Å². The fourth-order valence-electron chi connectivity index (χ4n) is 4.11. The number of carbonyl (C=O) groups is 3.